The molecular weight excluding hydrogens is 282 g/mol. The third-order valence-electron chi connectivity index (χ3n) is 4.44. The first-order valence-electron chi connectivity index (χ1n) is 8.36. The number of ether oxygens (including phenoxy) is 1. The second-order valence-electron chi connectivity index (χ2n) is 6.75. The third kappa shape index (κ3) is 3.48. The van der Waals surface area contributed by atoms with Crippen LogP contribution in [0.4, 0.5) is 0 Å². The lowest BCUT2D eigenvalue weighted by Crippen LogP contribution is -2.43. The standard InChI is InChI=1S/C16H25N3O3/c1-11(2)10-14-17-15(22-18-14)12-5-7-19(8-6-12)16(20)13-4-3-9-21-13/h11-13H,3-10H2,1-2H3/t13-/m0/s1. The molecule has 122 valence electrons. The molecule has 2 saturated heterocycles. The molecule has 3 rings (SSSR count). The summed E-state index contributed by atoms with van der Waals surface area (Å²) in [6.45, 7) is 6.51. The lowest BCUT2D eigenvalue weighted by molar-refractivity contribution is -0.142. The number of piperidine rings is 1. The van der Waals surface area contributed by atoms with E-state index in [1.807, 2.05) is 4.90 Å². The molecule has 0 radical (unpaired) electrons. The lowest BCUT2D eigenvalue weighted by Gasteiger charge is -2.31. The summed E-state index contributed by atoms with van der Waals surface area (Å²) < 4.78 is 10.9. The Bertz CT molecular complexity index is 500. The summed E-state index contributed by atoms with van der Waals surface area (Å²) in [4.78, 5) is 18.8. The van der Waals surface area contributed by atoms with Gasteiger partial charge in [-0.2, -0.15) is 4.98 Å². The number of aromatic nitrogens is 2. The van der Waals surface area contributed by atoms with Gasteiger partial charge in [0.2, 0.25) is 5.89 Å². The number of hydrogen-bond donors (Lipinski definition) is 0. The number of carbonyl (C=O) groups is 1. The molecule has 1 aromatic heterocycles. The molecule has 6 heteroatoms. The van der Waals surface area contributed by atoms with Crippen LogP contribution in [0.15, 0.2) is 4.52 Å². The average Bonchev–Trinajstić information content (AvgIpc) is 3.17. The fourth-order valence-electron chi connectivity index (χ4n) is 3.20. The molecule has 22 heavy (non-hydrogen) atoms. The molecule has 2 aliphatic heterocycles. The summed E-state index contributed by atoms with van der Waals surface area (Å²) in [5, 5.41) is 4.06. The van der Waals surface area contributed by atoms with Crippen molar-refractivity contribution >= 4 is 5.91 Å². The minimum Gasteiger partial charge on any atom is -0.368 e. The maximum atomic E-state index is 12.3. The fourth-order valence-corrected chi connectivity index (χ4v) is 3.20. The first kappa shape index (κ1) is 15.5. The maximum absolute atomic E-state index is 12.3. The summed E-state index contributed by atoms with van der Waals surface area (Å²) in [5.41, 5.74) is 0. The number of nitrogens with zero attached hydrogens (tertiary/aromatic N) is 3. The van der Waals surface area contributed by atoms with Crippen LogP contribution in [0, 0.1) is 5.92 Å². The van der Waals surface area contributed by atoms with Gasteiger partial charge in [-0.25, -0.2) is 0 Å². The highest BCUT2D eigenvalue weighted by atomic mass is 16.5. The van der Waals surface area contributed by atoms with Crippen LogP contribution in [0.5, 0.6) is 0 Å². The molecule has 0 bridgehead atoms. The Hall–Kier alpha value is -1.43. The topological polar surface area (TPSA) is 68.5 Å². The van der Waals surface area contributed by atoms with Gasteiger partial charge in [0.15, 0.2) is 5.82 Å². The van der Waals surface area contributed by atoms with Gasteiger partial charge in [-0.15, -0.1) is 0 Å². The predicted molar refractivity (Wildman–Crippen MR) is 80.4 cm³/mol. The Kier molecular flexibility index (Phi) is 4.76. The number of amides is 1. The van der Waals surface area contributed by atoms with Crippen LogP contribution >= 0.6 is 0 Å². The van der Waals surface area contributed by atoms with Crippen molar-refractivity contribution in [1.29, 1.82) is 0 Å². The second-order valence-corrected chi connectivity index (χ2v) is 6.75. The van der Waals surface area contributed by atoms with Gasteiger partial charge in [0.05, 0.1) is 0 Å². The Balaban J connectivity index is 1.52. The quantitative estimate of drug-likeness (QED) is 0.852. The highest BCUT2D eigenvalue weighted by molar-refractivity contribution is 5.81. The molecule has 2 fully saturated rings. The summed E-state index contributed by atoms with van der Waals surface area (Å²) >= 11 is 0. The number of carbonyl (C=O) groups excluding carboxylic acids is 1. The van der Waals surface area contributed by atoms with Crippen LogP contribution in [0.25, 0.3) is 0 Å². The minimum absolute atomic E-state index is 0.155. The van der Waals surface area contributed by atoms with Crippen molar-refractivity contribution in [2.75, 3.05) is 19.7 Å². The molecule has 0 N–H and O–H groups in total. The number of hydrogen-bond acceptors (Lipinski definition) is 5. The molecular formula is C16H25N3O3. The third-order valence-corrected chi connectivity index (χ3v) is 4.44. The Morgan fingerprint density at radius 3 is 2.73 bits per heavy atom. The largest absolute Gasteiger partial charge is 0.368 e. The van der Waals surface area contributed by atoms with Crippen molar-refractivity contribution in [1.82, 2.24) is 15.0 Å². The molecule has 2 aliphatic rings. The normalized spacial score (nSPS) is 23.4. The van der Waals surface area contributed by atoms with Crippen LogP contribution < -0.4 is 0 Å². The summed E-state index contributed by atoms with van der Waals surface area (Å²) in [5.74, 6) is 2.49. The van der Waals surface area contributed by atoms with E-state index < -0.39 is 0 Å². The van der Waals surface area contributed by atoms with E-state index in [4.69, 9.17) is 9.26 Å². The van der Waals surface area contributed by atoms with Gasteiger partial charge in [0, 0.05) is 32.0 Å². The number of likely N-dealkylation sites (tertiary alicyclic amines) is 1. The summed E-state index contributed by atoms with van der Waals surface area (Å²) in [7, 11) is 0. The molecule has 3 heterocycles. The van der Waals surface area contributed by atoms with Crippen LogP contribution in [-0.2, 0) is 16.0 Å². The zero-order chi connectivity index (χ0) is 15.5. The van der Waals surface area contributed by atoms with Crippen LogP contribution in [0.1, 0.15) is 57.2 Å². The van der Waals surface area contributed by atoms with Crippen molar-refractivity contribution in [3.8, 4) is 0 Å². The zero-order valence-electron chi connectivity index (χ0n) is 13.5. The van der Waals surface area contributed by atoms with E-state index in [-0.39, 0.29) is 17.9 Å². The van der Waals surface area contributed by atoms with Crippen LogP contribution in [-0.4, -0.2) is 46.7 Å². The van der Waals surface area contributed by atoms with Gasteiger partial charge in [-0.05, 0) is 31.6 Å². The molecule has 1 aromatic rings. The lowest BCUT2D eigenvalue weighted by atomic mass is 9.96. The molecule has 0 spiro atoms. The monoisotopic (exact) mass is 307 g/mol. The van der Waals surface area contributed by atoms with E-state index >= 15 is 0 Å². The molecule has 1 atom stereocenters. The van der Waals surface area contributed by atoms with E-state index in [1.165, 1.54) is 0 Å². The van der Waals surface area contributed by atoms with Crippen molar-refractivity contribution < 1.29 is 14.1 Å². The van der Waals surface area contributed by atoms with E-state index in [0.717, 1.165) is 56.9 Å². The van der Waals surface area contributed by atoms with Crippen molar-refractivity contribution in [3.05, 3.63) is 11.7 Å². The van der Waals surface area contributed by atoms with Gasteiger partial charge in [-0.1, -0.05) is 19.0 Å². The summed E-state index contributed by atoms with van der Waals surface area (Å²) in [6.07, 6.45) is 4.27. The average molecular weight is 307 g/mol. The molecule has 0 saturated carbocycles. The maximum Gasteiger partial charge on any atom is 0.251 e. The van der Waals surface area contributed by atoms with E-state index in [1.54, 1.807) is 0 Å². The molecule has 6 nitrogen and oxygen atoms in total. The van der Waals surface area contributed by atoms with Crippen LogP contribution in [0.3, 0.4) is 0 Å². The van der Waals surface area contributed by atoms with Gasteiger partial charge < -0.3 is 14.2 Å². The first-order chi connectivity index (χ1) is 10.6. The minimum atomic E-state index is -0.211. The smallest absolute Gasteiger partial charge is 0.251 e. The van der Waals surface area contributed by atoms with Crippen molar-refractivity contribution in [3.63, 3.8) is 0 Å². The molecule has 0 aliphatic carbocycles. The summed E-state index contributed by atoms with van der Waals surface area (Å²) in [6, 6.07) is 0. The first-order valence-corrected chi connectivity index (χ1v) is 8.36. The van der Waals surface area contributed by atoms with Gasteiger partial charge in [0.1, 0.15) is 6.10 Å². The Morgan fingerprint density at radius 2 is 2.09 bits per heavy atom. The predicted octanol–water partition coefficient (Wildman–Crippen LogP) is 2.15. The zero-order valence-corrected chi connectivity index (χ0v) is 13.5. The number of rotatable bonds is 4. The fraction of sp³-hybridized carbons (Fsp3) is 0.812. The van der Waals surface area contributed by atoms with Gasteiger partial charge in [-0.3, -0.25) is 4.79 Å². The highest BCUT2D eigenvalue weighted by Gasteiger charge is 2.32. The molecule has 0 unspecified atom stereocenters. The van der Waals surface area contributed by atoms with Gasteiger partial charge in [0.25, 0.3) is 5.91 Å². The Labute approximate surface area is 131 Å². The molecule has 1 amide bonds. The van der Waals surface area contributed by atoms with E-state index in [2.05, 4.69) is 24.0 Å². The van der Waals surface area contributed by atoms with Gasteiger partial charge >= 0.3 is 0 Å². The Morgan fingerprint density at radius 1 is 1.32 bits per heavy atom. The SMILES string of the molecule is CC(C)Cc1noc(C2CCN(C(=O)[C@@H]3CCCO3)CC2)n1. The van der Waals surface area contributed by atoms with Crippen molar-refractivity contribution in [2.24, 2.45) is 5.92 Å². The second kappa shape index (κ2) is 6.77. The highest BCUT2D eigenvalue weighted by Crippen LogP contribution is 2.28. The van der Waals surface area contributed by atoms with Crippen LogP contribution in [0.2, 0.25) is 0 Å². The van der Waals surface area contributed by atoms with E-state index in [9.17, 15) is 4.79 Å². The molecule has 0 aromatic carbocycles. The van der Waals surface area contributed by atoms with Crippen molar-refractivity contribution in [2.45, 2.75) is 58.0 Å². The van der Waals surface area contributed by atoms with E-state index in [0.29, 0.717) is 12.5 Å².